The number of hydrogen-bond acceptors (Lipinski definition) is 4. The second-order valence-electron chi connectivity index (χ2n) is 5.48. The zero-order chi connectivity index (χ0) is 15.6. The van der Waals surface area contributed by atoms with E-state index in [1.807, 2.05) is 30.3 Å². The van der Waals surface area contributed by atoms with Gasteiger partial charge < -0.3 is 0 Å². The van der Waals surface area contributed by atoms with Crippen molar-refractivity contribution >= 4 is 38.4 Å². The summed E-state index contributed by atoms with van der Waals surface area (Å²) >= 11 is 0. The van der Waals surface area contributed by atoms with Gasteiger partial charge in [-0.05, 0) is 17.5 Å². The van der Waals surface area contributed by atoms with Crippen LogP contribution in [0.3, 0.4) is 0 Å². The minimum absolute atomic E-state index is 0.207. The fraction of sp³-hybridized carbons (Fsp3) is 0. The quantitative estimate of drug-likeness (QED) is 0.325. The highest BCUT2D eigenvalue weighted by atomic mass is 16.1. The highest BCUT2D eigenvalue weighted by Gasteiger charge is 2.15. The van der Waals surface area contributed by atoms with Crippen LogP contribution in [0.5, 0.6) is 0 Å². The summed E-state index contributed by atoms with van der Waals surface area (Å²) in [5.41, 5.74) is 1.66. The average Bonchev–Trinajstić information content (AvgIpc) is 2.59. The van der Waals surface area contributed by atoms with Crippen molar-refractivity contribution in [2.75, 3.05) is 0 Å². The Balaban J connectivity index is 2.26. The number of nitrogens with zero attached hydrogens (tertiary/aromatic N) is 3. The van der Waals surface area contributed by atoms with Crippen molar-refractivity contribution < 1.29 is 0 Å². The molecule has 0 saturated heterocycles. The third-order valence-corrected chi connectivity index (χ3v) is 4.20. The molecule has 0 N–H and O–H groups in total. The minimum Gasteiger partial charge on any atom is -0.297 e. The van der Waals surface area contributed by atoms with Crippen molar-refractivity contribution in [2.45, 2.75) is 0 Å². The van der Waals surface area contributed by atoms with Gasteiger partial charge in [0, 0.05) is 29.9 Å². The molecule has 0 aliphatic rings. The molecule has 5 heteroatoms. The summed E-state index contributed by atoms with van der Waals surface area (Å²) in [6, 6.07) is 12.5. The summed E-state index contributed by atoms with van der Waals surface area (Å²) in [4.78, 5) is 33.3. The van der Waals surface area contributed by atoms with Crippen molar-refractivity contribution in [1.82, 2.24) is 14.4 Å². The van der Waals surface area contributed by atoms with E-state index in [9.17, 15) is 9.59 Å². The zero-order valence-electron chi connectivity index (χ0n) is 11.9. The van der Waals surface area contributed by atoms with E-state index in [4.69, 9.17) is 4.98 Å². The standard InChI is InChI=1S/C18H9N3O2/c22-10-6-8-21-14(9-10)17(23)16-15-12(5-7-19-16)11-3-1-2-4-13(11)20-18(15)21/h1-9H. The Morgan fingerprint density at radius 1 is 0.957 bits per heavy atom. The topological polar surface area (TPSA) is 64.3 Å². The molecule has 4 aromatic heterocycles. The first-order chi connectivity index (χ1) is 11.2. The van der Waals surface area contributed by atoms with Crippen LogP contribution >= 0.6 is 0 Å². The third kappa shape index (κ3) is 1.51. The van der Waals surface area contributed by atoms with Crippen LogP contribution in [0.15, 0.2) is 64.4 Å². The molecule has 0 saturated carbocycles. The molecule has 1 aromatic carbocycles. The van der Waals surface area contributed by atoms with E-state index in [1.165, 1.54) is 12.1 Å². The highest BCUT2D eigenvalue weighted by Crippen LogP contribution is 2.29. The Bertz CT molecular complexity index is 1360. The molecular weight excluding hydrogens is 290 g/mol. The van der Waals surface area contributed by atoms with Gasteiger partial charge in [0.15, 0.2) is 5.43 Å². The van der Waals surface area contributed by atoms with E-state index in [-0.39, 0.29) is 10.9 Å². The lowest BCUT2D eigenvalue weighted by Gasteiger charge is -2.11. The highest BCUT2D eigenvalue weighted by molar-refractivity contribution is 6.17. The number of rotatable bonds is 0. The summed E-state index contributed by atoms with van der Waals surface area (Å²) < 4.78 is 1.67. The van der Waals surface area contributed by atoms with E-state index in [2.05, 4.69) is 4.98 Å². The molecular formula is C18H9N3O2. The molecule has 5 aromatic rings. The molecule has 0 atom stereocenters. The first-order valence-electron chi connectivity index (χ1n) is 7.19. The number of aromatic nitrogens is 3. The SMILES string of the molecule is O=c1ccn2c(c1)c(=O)c1nccc3c4ccccc4nc2c13. The van der Waals surface area contributed by atoms with Crippen molar-refractivity contribution in [2.24, 2.45) is 0 Å². The number of fused-ring (bicyclic) bond motifs is 4. The molecule has 4 heterocycles. The van der Waals surface area contributed by atoms with Crippen molar-refractivity contribution in [3.05, 3.63) is 75.3 Å². The molecule has 0 unspecified atom stereocenters. The lowest BCUT2D eigenvalue weighted by molar-refractivity contribution is 1.17. The van der Waals surface area contributed by atoms with Gasteiger partial charge in [0.05, 0.1) is 10.9 Å². The van der Waals surface area contributed by atoms with Gasteiger partial charge in [-0.2, -0.15) is 0 Å². The van der Waals surface area contributed by atoms with Crippen molar-refractivity contribution in [1.29, 1.82) is 0 Å². The monoisotopic (exact) mass is 299 g/mol. The molecule has 0 bridgehead atoms. The third-order valence-electron chi connectivity index (χ3n) is 4.20. The molecule has 23 heavy (non-hydrogen) atoms. The Morgan fingerprint density at radius 3 is 2.74 bits per heavy atom. The predicted octanol–water partition coefficient (Wildman–Crippen LogP) is 2.35. The number of para-hydroxylation sites is 1. The van der Waals surface area contributed by atoms with E-state index >= 15 is 0 Å². The molecule has 108 valence electrons. The largest absolute Gasteiger partial charge is 0.297 e. The molecule has 0 aliphatic carbocycles. The van der Waals surface area contributed by atoms with Crippen LogP contribution in [-0.2, 0) is 0 Å². The van der Waals surface area contributed by atoms with Crippen LogP contribution < -0.4 is 10.9 Å². The predicted molar refractivity (Wildman–Crippen MR) is 89.2 cm³/mol. The first kappa shape index (κ1) is 12.2. The molecule has 0 aliphatic heterocycles. The Labute approximate surface area is 128 Å². The Morgan fingerprint density at radius 2 is 1.83 bits per heavy atom. The van der Waals surface area contributed by atoms with Crippen LogP contribution in [0.25, 0.3) is 38.4 Å². The molecule has 0 spiro atoms. The van der Waals surface area contributed by atoms with E-state index in [1.54, 1.807) is 16.8 Å². The number of hydrogen-bond donors (Lipinski definition) is 0. The Kier molecular flexibility index (Phi) is 2.18. The van der Waals surface area contributed by atoms with Gasteiger partial charge in [-0.3, -0.25) is 19.0 Å². The molecule has 0 amide bonds. The second-order valence-corrected chi connectivity index (χ2v) is 5.48. The van der Waals surface area contributed by atoms with Gasteiger partial charge in [-0.25, -0.2) is 4.98 Å². The van der Waals surface area contributed by atoms with Crippen LogP contribution in [-0.4, -0.2) is 14.4 Å². The number of benzene rings is 1. The van der Waals surface area contributed by atoms with Crippen LogP contribution in [0, 0.1) is 0 Å². The van der Waals surface area contributed by atoms with Crippen molar-refractivity contribution in [3.63, 3.8) is 0 Å². The maximum absolute atomic E-state index is 12.7. The Hall–Kier alpha value is -3.34. The van der Waals surface area contributed by atoms with Gasteiger partial charge in [-0.15, -0.1) is 0 Å². The fourth-order valence-corrected chi connectivity index (χ4v) is 3.19. The summed E-state index contributed by atoms with van der Waals surface area (Å²) in [6.45, 7) is 0. The summed E-state index contributed by atoms with van der Waals surface area (Å²) in [5.74, 6) is 0. The summed E-state index contributed by atoms with van der Waals surface area (Å²) in [6.07, 6.45) is 3.23. The number of pyridine rings is 4. The summed E-state index contributed by atoms with van der Waals surface area (Å²) in [5, 5.41) is 2.65. The van der Waals surface area contributed by atoms with Crippen LogP contribution in [0.2, 0.25) is 0 Å². The van der Waals surface area contributed by atoms with Crippen LogP contribution in [0.4, 0.5) is 0 Å². The molecule has 5 nitrogen and oxygen atoms in total. The van der Waals surface area contributed by atoms with Gasteiger partial charge >= 0.3 is 0 Å². The van der Waals surface area contributed by atoms with Crippen molar-refractivity contribution in [3.8, 4) is 0 Å². The molecule has 0 radical (unpaired) electrons. The maximum Gasteiger partial charge on any atom is 0.228 e. The fourth-order valence-electron chi connectivity index (χ4n) is 3.19. The molecule has 0 fully saturated rings. The van der Waals surface area contributed by atoms with Gasteiger partial charge in [0.2, 0.25) is 5.43 Å². The normalized spacial score (nSPS) is 11.8. The van der Waals surface area contributed by atoms with Crippen LogP contribution in [0.1, 0.15) is 0 Å². The van der Waals surface area contributed by atoms with E-state index < -0.39 is 0 Å². The van der Waals surface area contributed by atoms with E-state index in [0.717, 1.165) is 21.7 Å². The lowest BCUT2D eigenvalue weighted by atomic mass is 10.1. The van der Waals surface area contributed by atoms with Gasteiger partial charge in [0.25, 0.3) is 0 Å². The first-order valence-corrected chi connectivity index (χ1v) is 7.19. The lowest BCUT2D eigenvalue weighted by Crippen LogP contribution is -2.14. The van der Waals surface area contributed by atoms with Gasteiger partial charge in [0.1, 0.15) is 16.7 Å². The zero-order valence-corrected chi connectivity index (χ0v) is 11.9. The minimum atomic E-state index is -0.252. The average molecular weight is 299 g/mol. The second kappa shape index (κ2) is 4.10. The van der Waals surface area contributed by atoms with E-state index in [0.29, 0.717) is 16.7 Å². The summed E-state index contributed by atoms with van der Waals surface area (Å²) in [7, 11) is 0. The molecule has 5 rings (SSSR count). The van der Waals surface area contributed by atoms with Gasteiger partial charge in [-0.1, -0.05) is 18.2 Å². The smallest absolute Gasteiger partial charge is 0.228 e. The maximum atomic E-state index is 12.7.